The minimum Gasteiger partial charge on any atom is -0.497 e. The lowest BCUT2D eigenvalue weighted by molar-refractivity contribution is -0.138. The Balaban J connectivity index is 1.88. The van der Waals surface area contributed by atoms with Crippen LogP contribution in [0.5, 0.6) is 17.2 Å². The first kappa shape index (κ1) is 25.6. The number of piperidine rings is 1. The van der Waals surface area contributed by atoms with Gasteiger partial charge in [-0.15, -0.1) is 0 Å². The number of likely N-dealkylation sites (tertiary alicyclic amines) is 1. The van der Waals surface area contributed by atoms with E-state index in [-0.39, 0.29) is 11.9 Å². The number of methoxy groups -OCH3 is 3. The minimum atomic E-state index is -0.0926. The second-order valence-electron chi connectivity index (χ2n) is 8.95. The highest BCUT2D eigenvalue weighted by atomic mass is 79.9. The van der Waals surface area contributed by atoms with E-state index in [0.717, 1.165) is 70.7 Å². The molecule has 1 atom stereocenters. The molecule has 3 aromatic rings. The molecule has 3 aromatic carbocycles. The summed E-state index contributed by atoms with van der Waals surface area (Å²) in [6.07, 6.45) is 3.09. The van der Waals surface area contributed by atoms with E-state index in [9.17, 15) is 4.79 Å². The molecule has 1 amide bonds. The van der Waals surface area contributed by atoms with Crippen molar-refractivity contribution in [3.8, 4) is 17.2 Å². The predicted octanol–water partition coefficient (Wildman–Crippen LogP) is 6.00. The van der Waals surface area contributed by atoms with Crippen LogP contribution in [-0.2, 0) is 11.3 Å². The Morgan fingerprint density at radius 3 is 2.23 bits per heavy atom. The number of likely N-dealkylation sites (N-methyl/N-ethyl adjacent to an activating group) is 1. The fourth-order valence-corrected chi connectivity index (χ4v) is 5.93. The number of rotatable bonds is 8. The van der Waals surface area contributed by atoms with Gasteiger partial charge in [0.1, 0.15) is 5.75 Å². The molecule has 0 aliphatic carbocycles. The third kappa shape index (κ3) is 4.81. The lowest BCUT2D eigenvalue weighted by Gasteiger charge is -2.37. The number of ether oxygens (including phenoxy) is 3. The molecule has 0 spiro atoms. The Morgan fingerprint density at radius 1 is 0.943 bits per heavy atom. The van der Waals surface area contributed by atoms with Gasteiger partial charge in [0, 0.05) is 29.5 Å². The number of carbonyl (C=O) groups is 1. The quantitative estimate of drug-likeness (QED) is 0.326. The van der Waals surface area contributed by atoms with E-state index in [1.807, 2.05) is 23.1 Å². The van der Waals surface area contributed by atoms with Crippen LogP contribution in [0.25, 0.3) is 21.5 Å². The number of carbonyl (C=O) groups excluding carboxylic acids is 1. The molecule has 35 heavy (non-hydrogen) atoms. The zero-order chi connectivity index (χ0) is 25.1. The second kappa shape index (κ2) is 11.0. The first-order chi connectivity index (χ1) is 17.0. The highest BCUT2D eigenvalue weighted by Crippen LogP contribution is 2.43. The average molecular weight is 544 g/mol. The van der Waals surface area contributed by atoms with Gasteiger partial charge in [-0.2, -0.15) is 0 Å². The lowest BCUT2D eigenvalue weighted by Crippen LogP contribution is -2.50. The Morgan fingerprint density at radius 2 is 1.60 bits per heavy atom. The Bertz CT molecular complexity index is 1230. The average Bonchev–Trinajstić information content (AvgIpc) is 2.90. The third-order valence-electron chi connectivity index (χ3n) is 7.20. The summed E-state index contributed by atoms with van der Waals surface area (Å²) in [5, 5.41) is 4.32. The van der Waals surface area contributed by atoms with Crippen molar-refractivity contribution in [2.75, 3.05) is 41.0 Å². The van der Waals surface area contributed by atoms with Gasteiger partial charge in [0.05, 0.1) is 27.4 Å². The summed E-state index contributed by atoms with van der Waals surface area (Å²) in [5.74, 6) is 2.41. The van der Waals surface area contributed by atoms with Crippen molar-refractivity contribution in [3.63, 3.8) is 0 Å². The van der Waals surface area contributed by atoms with E-state index < -0.39 is 0 Å². The van der Waals surface area contributed by atoms with Gasteiger partial charge >= 0.3 is 0 Å². The molecule has 7 heteroatoms. The molecule has 0 unspecified atom stereocenters. The molecule has 6 nitrogen and oxygen atoms in total. The normalized spacial score (nSPS) is 16.5. The van der Waals surface area contributed by atoms with Gasteiger partial charge in [-0.3, -0.25) is 9.69 Å². The van der Waals surface area contributed by atoms with Gasteiger partial charge in [-0.05, 0) is 95.2 Å². The van der Waals surface area contributed by atoms with Crippen LogP contribution in [0.4, 0.5) is 0 Å². The molecule has 1 fully saturated rings. The van der Waals surface area contributed by atoms with Crippen LogP contribution < -0.4 is 14.2 Å². The number of fused-ring (bicyclic) bond motifs is 3. The lowest BCUT2D eigenvalue weighted by atomic mass is 9.94. The fourth-order valence-electron chi connectivity index (χ4n) is 5.26. The standard InChI is InChI=1S/C28H35BrN2O4/c1-6-30(7-2)28(32)24-10-8-9-13-31(24)17-23-19-12-11-18(33-3)14-20(19)21-15-25(34-4)26(35-5)16-22(21)27(23)29/h11-12,14-16,24H,6-10,13,17H2,1-5H3/t24-/m0/s1. The van der Waals surface area contributed by atoms with E-state index in [4.69, 9.17) is 14.2 Å². The summed E-state index contributed by atoms with van der Waals surface area (Å²) in [5.41, 5.74) is 1.17. The van der Waals surface area contributed by atoms with Gasteiger partial charge in [-0.1, -0.05) is 12.5 Å². The monoisotopic (exact) mass is 542 g/mol. The first-order valence-electron chi connectivity index (χ1n) is 12.3. The van der Waals surface area contributed by atoms with E-state index >= 15 is 0 Å². The maximum Gasteiger partial charge on any atom is 0.239 e. The first-order valence-corrected chi connectivity index (χ1v) is 13.1. The van der Waals surface area contributed by atoms with E-state index in [0.29, 0.717) is 18.0 Å². The van der Waals surface area contributed by atoms with Crippen molar-refractivity contribution in [3.05, 3.63) is 40.4 Å². The van der Waals surface area contributed by atoms with Crippen LogP contribution in [0.2, 0.25) is 0 Å². The molecule has 0 N–H and O–H groups in total. The zero-order valence-electron chi connectivity index (χ0n) is 21.3. The fraction of sp³-hybridized carbons (Fsp3) is 0.464. The molecule has 0 aromatic heterocycles. The molecule has 0 radical (unpaired) electrons. The summed E-state index contributed by atoms with van der Waals surface area (Å²) in [7, 11) is 4.99. The van der Waals surface area contributed by atoms with E-state index in [1.54, 1.807) is 21.3 Å². The van der Waals surface area contributed by atoms with Crippen LogP contribution >= 0.6 is 15.9 Å². The SMILES string of the molecule is CCN(CC)C(=O)[C@@H]1CCCCN1Cc1c(Br)c2cc(OC)c(OC)cc2c2cc(OC)ccc12. The summed E-state index contributed by atoms with van der Waals surface area (Å²) in [6, 6.07) is 10.2. The van der Waals surface area contributed by atoms with Crippen LogP contribution in [0.15, 0.2) is 34.8 Å². The summed E-state index contributed by atoms with van der Waals surface area (Å²) < 4.78 is 17.8. The van der Waals surface area contributed by atoms with E-state index in [1.165, 1.54) is 5.56 Å². The van der Waals surface area contributed by atoms with Crippen LogP contribution in [-0.4, -0.2) is 62.7 Å². The predicted molar refractivity (Wildman–Crippen MR) is 145 cm³/mol. The molecule has 4 rings (SSSR count). The Labute approximate surface area is 216 Å². The molecule has 1 aliphatic rings. The van der Waals surface area contributed by atoms with Crippen LogP contribution in [0.1, 0.15) is 38.7 Å². The highest BCUT2D eigenvalue weighted by Gasteiger charge is 2.32. The van der Waals surface area contributed by atoms with Crippen LogP contribution in [0, 0.1) is 0 Å². The minimum absolute atomic E-state index is 0.0926. The van der Waals surface area contributed by atoms with Crippen LogP contribution in [0.3, 0.4) is 0 Å². The summed E-state index contributed by atoms with van der Waals surface area (Å²) in [6.45, 7) is 7.18. The van der Waals surface area contributed by atoms with Crippen molar-refractivity contribution in [2.45, 2.75) is 45.7 Å². The third-order valence-corrected chi connectivity index (χ3v) is 8.11. The molecule has 1 saturated heterocycles. The Hall–Kier alpha value is -2.51. The zero-order valence-corrected chi connectivity index (χ0v) is 22.9. The molecule has 1 aliphatic heterocycles. The summed E-state index contributed by atoms with van der Waals surface area (Å²) in [4.78, 5) is 17.7. The van der Waals surface area contributed by atoms with Gasteiger partial charge < -0.3 is 19.1 Å². The van der Waals surface area contributed by atoms with Gasteiger partial charge in [-0.25, -0.2) is 0 Å². The summed E-state index contributed by atoms with van der Waals surface area (Å²) >= 11 is 3.94. The number of benzene rings is 3. The number of hydrogen-bond acceptors (Lipinski definition) is 5. The molecular weight excluding hydrogens is 508 g/mol. The topological polar surface area (TPSA) is 51.2 Å². The van der Waals surface area contributed by atoms with Gasteiger partial charge in [0.2, 0.25) is 5.91 Å². The number of halogens is 1. The largest absolute Gasteiger partial charge is 0.497 e. The highest BCUT2D eigenvalue weighted by molar-refractivity contribution is 9.10. The molecular formula is C28H35BrN2O4. The van der Waals surface area contributed by atoms with Crippen molar-refractivity contribution >= 4 is 43.4 Å². The molecule has 0 bridgehead atoms. The maximum atomic E-state index is 13.4. The van der Waals surface area contributed by atoms with Crippen molar-refractivity contribution in [1.82, 2.24) is 9.80 Å². The molecule has 0 saturated carbocycles. The number of hydrogen-bond donors (Lipinski definition) is 0. The molecule has 1 heterocycles. The van der Waals surface area contributed by atoms with Crippen molar-refractivity contribution in [1.29, 1.82) is 0 Å². The number of nitrogens with zero attached hydrogens (tertiary/aromatic N) is 2. The Kier molecular flexibility index (Phi) is 8.07. The van der Waals surface area contributed by atoms with Gasteiger partial charge in [0.15, 0.2) is 11.5 Å². The maximum absolute atomic E-state index is 13.4. The van der Waals surface area contributed by atoms with Crippen molar-refractivity contribution < 1.29 is 19.0 Å². The molecule has 188 valence electrons. The second-order valence-corrected chi connectivity index (χ2v) is 9.74. The van der Waals surface area contributed by atoms with Gasteiger partial charge in [0.25, 0.3) is 0 Å². The smallest absolute Gasteiger partial charge is 0.239 e. The van der Waals surface area contributed by atoms with E-state index in [2.05, 4.69) is 46.8 Å². The van der Waals surface area contributed by atoms with Crippen molar-refractivity contribution in [2.24, 2.45) is 0 Å². The number of amides is 1.